The molecule has 1 fully saturated rings. The second kappa shape index (κ2) is 6.48. The maximum atomic E-state index is 12.9. The third-order valence-corrected chi connectivity index (χ3v) is 4.73. The van der Waals surface area contributed by atoms with Gasteiger partial charge >= 0.3 is 0 Å². The van der Waals surface area contributed by atoms with Gasteiger partial charge in [-0.15, -0.1) is 0 Å². The molecule has 1 aliphatic rings. The van der Waals surface area contributed by atoms with Crippen LogP contribution in [0.25, 0.3) is 0 Å². The summed E-state index contributed by atoms with van der Waals surface area (Å²) in [4.78, 5) is 27.2. The standard InChI is InChI=1S/C20H21NO3/c1-13-18(15-7-5-4-6-8-15)21(20(23)14(2)19(13)22)16-9-11-17(24-3)12-10-16/h4-14,18H,1-3H3/t13-,14?,18+/m1/s1. The average molecular weight is 323 g/mol. The molecule has 1 aliphatic heterocycles. The summed E-state index contributed by atoms with van der Waals surface area (Å²) < 4.78 is 5.20. The zero-order valence-electron chi connectivity index (χ0n) is 14.1. The van der Waals surface area contributed by atoms with Crippen molar-refractivity contribution >= 4 is 17.4 Å². The number of rotatable bonds is 3. The molecule has 0 aliphatic carbocycles. The Morgan fingerprint density at radius 1 is 0.917 bits per heavy atom. The normalized spacial score (nSPS) is 24.1. The SMILES string of the molecule is COc1ccc(N2C(=O)C(C)C(=O)[C@H](C)[C@H]2c2ccccc2)cc1. The molecule has 124 valence electrons. The van der Waals surface area contributed by atoms with E-state index in [1.54, 1.807) is 18.9 Å². The lowest BCUT2D eigenvalue weighted by Crippen LogP contribution is -2.51. The smallest absolute Gasteiger partial charge is 0.237 e. The lowest BCUT2D eigenvalue weighted by atomic mass is 9.79. The molecule has 0 radical (unpaired) electrons. The van der Waals surface area contributed by atoms with E-state index in [-0.39, 0.29) is 23.7 Å². The van der Waals surface area contributed by atoms with Gasteiger partial charge in [0.05, 0.1) is 19.1 Å². The van der Waals surface area contributed by atoms with Crippen molar-refractivity contribution in [3.8, 4) is 5.75 Å². The molecule has 2 aromatic rings. The minimum Gasteiger partial charge on any atom is -0.497 e. The Hall–Kier alpha value is -2.62. The van der Waals surface area contributed by atoms with E-state index in [1.165, 1.54) is 0 Å². The Bertz CT molecular complexity index is 739. The molecule has 24 heavy (non-hydrogen) atoms. The number of amides is 1. The van der Waals surface area contributed by atoms with E-state index in [9.17, 15) is 9.59 Å². The van der Waals surface area contributed by atoms with Crippen LogP contribution in [0.4, 0.5) is 5.69 Å². The lowest BCUT2D eigenvalue weighted by Gasteiger charge is -2.41. The summed E-state index contributed by atoms with van der Waals surface area (Å²) in [6.07, 6.45) is 0. The molecule has 1 heterocycles. The van der Waals surface area contributed by atoms with Crippen molar-refractivity contribution in [1.82, 2.24) is 0 Å². The number of hydrogen-bond acceptors (Lipinski definition) is 3. The van der Waals surface area contributed by atoms with E-state index in [0.717, 1.165) is 17.0 Å². The number of ether oxygens (including phenoxy) is 1. The van der Waals surface area contributed by atoms with Crippen molar-refractivity contribution in [2.24, 2.45) is 11.8 Å². The van der Waals surface area contributed by atoms with Gasteiger partial charge in [0.1, 0.15) is 11.5 Å². The summed E-state index contributed by atoms with van der Waals surface area (Å²) in [7, 11) is 1.61. The molecule has 4 nitrogen and oxygen atoms in total. The fourth-order valence-electron chi connectivity index (χ4n) is 3.36. The number of methoxy groups -OCH3 is 1. The second-order valence-electron chi connectivity index (χ2n) is 6.17. The number of Topliss-reactive ketones (excluding diaryl/α,β-unsaturated/α-hetero) is 1. The van der Waals surface area contributed by atoms with Gasteiger partial charge in [-0.1, -0.05) is 37.3 Å². The Morgan fingerprint density at radius 2 is 1.54 bits per heavy atom. The number of ketones is 1. The van der Waals surface area contributed by atoms with Crippen molar-refractivity contribution < 1.29 is 14.3 Å². The highest BCUT2D eigenvalue weighted by atomic mass is 16.5. The number of carbonyl (C=O) groups is 2. The average Bonchev–Trinajstić information content (AvgIpc) is 2.63. The van der Waals surface area contributed by atoms with Crippen LogP contribution < -0.4 is 9.64 Å². The van der Waals surface area contributed by atoms with Crippen LogP contribution in [0.3, 0.4) is 0 Å². The van der Waals surface area contributed by atoms with Crippen LogP contribution in [0.1, 0.15) is 25.5 Å². The molecule has 0 N–H and O–H groups in total. The van der Waals surface area contributed by atoms with Crippen LogP contribution in [0.5, 0.6) is 5.75 Å². The highest BCUT2D eigenvalue weighted by Gasteiger charge is 2.44. The first-order valence-electron chi connectivity index (χ1n) is 8.10. The van der Waals surface area contributed by atoms with Gasteiger partial charge in [0.2, 0.25) is 5.91 Å². The summed E-state index contributed by atoms with van der Waals surface area (Å²) in [5.41, 5.74) is 1.75. The van der Waals surface area contributed by atoms with Gasteiger partial charge < -0.3 is 9.64 Å². The first-order valence-corrected chi connectivity index (χ1v) is 8.10. The molecule has 3 rings (SSSR count). The Balaban J connectivity index is 2.09. The highest BCUT2D eigenvalue weighted by molar-refractivity contribution is 6.12. The van der Waals surface area contributed by atoms with Crippen molar-refractivity contribution in [2.45, 2.75) is 19.9 Å². The van der Waals surface area contributed by atoms with Crippen molar-refractivity contribution in [2.75, 3.05) is 12.0 Å². The van der Waals surface area contributed by atoms with Crippen molar-refractivity contribution in [3.05, 3.63) is 60.2 Å². The van der Waals surface area contributed by atoms with Gasteiger partial charge in [-0.3, -0.25) is 9.59 Å². The summed E-state index contributed by atoms with van der Waals surface area (Å²) in [6.45, 7) is 3.60. The van der Waals surface area contributed by atoms with Gasteiger partial charge in [0.15, 0.2) is 0 Å². The highest BCUT2D eigenvalue weighted by Crippen LogP contribution is 2.40. The predicted molar refractivity (Wildman–Crippen MR) is 93.0 cm³/mol. The first-order chi connectivity index (χ1) is 11.5. The minimum absolute atomic E-state index is 0.00128. The molecular weight excluding hydrogens is 302 g/mol. The number of nitrogens with zero attached hydrogens (tertiary/aromatic N) is 1. The number of benzene rings is 2. The zero-order chi connectivity index (χ0) is 17.3. The van der Waals surface area contributed by atoms with Crippen LogP contribution in [-0.2, 0) is 9.59 Å². The molecule has 4 heteroatoms. The molecule has 1 saturated heterocycles. The van der Waals surface area contributed by atoms with Gasteiger partial charge in [0.25, 0.3) is 0 Å². The summed E-state index contributed by atoms with van der Waals surface area (Å²) in [5.74, 6) is -0.309. The van der Waals surface area contributed by atoms with Crippen LogP contribution in [0.15, 0.2) is 54.6 Å². The van der Waals surface area contributed by atoms with E-state index >= 15 is 0 Å². The molecule has 3 atom stereocenters. The van der Waals surface area contributed by atoms with E-state index in [2.05, 4.69) is 0 Å². The molecule has 0 bridgehead atoms. The topological polar surface area (TPSA) is 46.6 Å². The molecule has 2 aromatic carbocycles. The number of anilines is 1. The summed E-state index contributed by atoms with van der Waals surface area (Å²) in [6, 6.07) is 16.8. The van der Waals surface area contributed by atoms with Crippen molar-refractivity contribution in [3.63, 3.8) is 0 Å². The van der Waals surface area contributed by atoms with E-state index in [4.69, 9.17) is 4.74 Å². The molecular formula is C20H21NO3. The largest absolute Gasteiger partial charge is 0.497 e. The van der Waals surface area contributed by atoms with E-state index < -0.39 is 5.92 Å². The van der Waals surface area contributed by atoms with Gasteiger partial charge in [-0.2, -0.15) is 0 Å². The van der Waals surface area contributed by atoms with Crippen molar-refractivity contribution in [1.29, 1.82) is 0 Å². The number of piperidine rings is 1. The molecule has 1 amide bonds. The maximum absolute atomic E-state index is 12.9. The van der Waals surface area contributed by atoms with E-state index in [1.807, 2.05) is 61.5 Å². The number of hydrogen-bond donors (Lipinski definition) is 0. The third kappa shape index (κ3) is 2.68. The van der Waals surface area contributed by atoms with Gasteiger partial charge in [0, 0.05) is 11.6 Å². The Kier molecular flexibility index (Phi) is 4.38. The quantitative estimate of drug-likeness (QED) is 0.811. The second-order valence-corrected chi connectivity index (χ2v) is 6.17. The third-order valence-electron chi connectivity index (χ3n) is 4.73. The molecule has 0 spiro atoms. The predicted octanol–water partition coefficient (Wildman–Crippen LogP) is 3.62. The van der Waals surface area contributed by atoms with Crippen LogP contribution in [-0.4, -0.2) is 18.8 Å². The molecule has 0 saturated carbocycles. The van der Waals surface area contributed by atoms with Gasteiger partial charge in [-0.05, 0) is 36.8 Å². The zero-order valence-corrected chi connectivity index (χ0v) is 14.1. The molecule has 0 aromatic heterocycles. The first kappa shape index (κ1) is 16.2. The molecule has 1 unspecified atom stereocenters. The monoisotopic (exact) mass is 323 g/mol. The van der Waals surface area contributed by atoms with Crippen LogP contribution in [0.2, 0.25) is 0 Å². The fraction of sp³-hybridized carbons (Fsp3) is 0.300. The Labute approximate surface area is 142 Å². The van der Waals surface area contributed by atoms with Gasteiger partial charge in [-0.25, -0.2) is 0 Å². The summed E-state index contributed by atoms with van der Waals surface area (Å²) >= 11 is 0. The van der Waals surface area contributed by atoms with Crippen LogP contribution in [0, 0.1) is 11.8 Å². The Morgan fingerprint density at radius 3 is 2.12 bits per heavy atom. The van der Waals surface area contributed by atoms with E-state index in [0.29, 0.717) is 0 Å². The van der Waals surface area contributed by atoms with Crippen LogP contribution >= 0.6 is 0 Å². The maximum Gasteiger partial charge on any atom is 0.237 e. The fourth-order valence-corrected chi connectivity index (χ4v) is 3.36. The lowest BCUT2D eigenvalue weighted by molar-refractivity contribution is -0.138. The summed E-state index contributed by atoms with van der Waals surface area (Å²) in [5, 5.41) is 0. The number of carbonyl (C=O) groups excluding carboxylic acids is 2. The minimum atomic E-state index is -0.623.